The monoisotopic (exact) mass is 259 g/mol. The highest BCUT2D eigenvalue weighted by Gasteiger charge is 2.30. The quantitative estimate of drug-likeness (QED) is 0.890. The third kappa shape index (κ3) is 2.85. The standard InChI is InChI=1S/C14H21N5/c1-2-19(13-6-4-3-5-11(13)9-15)14-12(10-16)17-7-8-18-14/h7-8,11,13H,2-6,9,15H2,1H3. The Hall–Kier alpha value is -1.67. The van der Waals surface area contributed by atoms with Crippen LogP contribution in [0.3, 0.4) is 0 Å². The average molecular weight is 259 g/mol. The van der Waals surface area contributed by atoms with Crippen molar-refractivity contribution >= 4 is 5.82 Å². The average Bonchev–Trinajstić information content (AvgIpc) is 2.49. The molecule has 0 aromatic carbocycles. The Bertz CT molecular complexity index is 453. The van der Waals surface area contributed by atoms with Gasteiger partial charge < -0.3 is 10.6 Å². The Kier molecular flexibility index (Phi) is 4.69. The highest BCUT2D eigenvalue weighted by molar-refractivity contribution is 5.50. The van der Waals surface area contributed by atoms with E-state index in [2.05, 4.69) is 27.9 Å². The van der Waals surface area contributed by atoms with Gasteiger partial charge in [0.25, 0.3) is 0 Å². The van der Waals surface area contributed by atoms with Gasteiger partial charge in [-0.1, -0.05) is 12.8 Å². The molecule has 2 N–H and O–H groups in total. The molecule has 0 bridgehead atoms. The van der Waals surface area contributed by atoms with Crippen LogP contribution < -0.4 is 10.6 Å². The number of nitrogens with zero attached hydrogens (tertiary/aromatic N) is 4. The van der Waals surface area contributed by atoms with Crippen molar-refractivity contribution in [1.82, 2.24) is 9.97 Å². The summed E-state index contributed by atoms with van der Waals surface area (Å²) in [4.78, 5) is 10.7. The lowest BCUT2D eigenvalue weighted by Gasteiger charge is -2.40. The lowest BCUT2D eigenvalue weighted by molar-refractivity contribution is 0.299. The number of nitriles is 1. The molecule has 2 unspecified atom stereocenters. The molecular formula is C14H21N5. The van der Waals surface area contributed by atoms with E-state index in [1.807, 2.05) is 0 Å². The largest absolute Gasteiger partial charge is 0.351 e. The van der Waals surface area contributed by atoms with E-state index in [1.165, 1.54) is 19.3 Å². The summed E-state index contributed by atoms with van der Waals surface area (Å²) in [5, 5.41) is 9.18. The molecule has 2 atom stereocenters. The Morgan fingerprint density at radius 3 is 2.79 bits per heavy atom. The van der Waals surface area contributed by atoms with Crippen LogP contribution in [-0.2, 0) is 0 Å². The van der Waals surface area contributed by atoms with Crippen LogP contribution in [0.5, 0.6) is 0 Å². The molecular weight excluding hydrogens is 238 g/mol. The van der Waals surface area contributed by atoms with Crippen LogP contribution in [0.4, 0.5) is 5.82 Å². The summed E-state index contributed by atoms with van der Waals surface area (Å²) in [7, 11) is 0. The van der Waals surface area contributed by atoms with E-state index in [-0.39, 0.29) is 0 Å². The second kappa shape index (κ2) is 6.48. The van der Waals surface area contributed by atoms with E-state index in [1.54, 1.807) is 12.4 Å². The summed E-state index contributed by atoms with van der Waals surface area (Å²) in [6.07, 6.45) is 7.98. The van der Waals surface area contributed by atoms with Crippen LogP contribution in [0.15, 0.2) is 12.4 Å². The molecule has 1 aromatic heterocycles. The van der Waals surface area contributed by atoms with Crippen LogP contribution in [0.25, 0.3) is 0 Å². The molecule has 1 fully saturated rings. The fraction of sp³-hybridized carbons (Fsp3) is 0.643. The number of nitrogens with two attached hydrogens (primary N) is 1. The van der Waals surface area contributed by atoms with Gasteiger partial charge in [0.1, 0.15) is 6.07 Å². The first-order valence-electron chi connectivity index (χ1n) is 6.99. The van der Waals surface area contributed by atoms with E-state index >= 15 is 0 Å². The first-order chi connectivity index (χ1) is 9.31. The van der Waals surface area contributed by atoms with Gasteiger partial charge in [-0.25, -0.2) is 9.97 Å². The van der Waals surface area contributed by atoms with Crippen molar-refractivity contribution in [1.29, 1.82) is 5.26 Å². The summed E-state index contributed by atoms with van der Waals surface area (Å²) in [5.74, 6) is 1.19. The summed E-state index contributed by atoms with van der Waals surface area (Å²) in [5.41, 5.74) is 6.32. The summed E-state index contributed by atoms with van der Waals surface area (Å²) in [6.45, 7) is 3.62. The maximum atomic E-state index is 9.18. The summed E-state index contributed by atoms with van der Waals surface area (Å²) < 4.78 is 0. The maximum Gasteiger partial charge on any atom is 0.183 e. The van der Waals surface area contributed by atoms with E-state index < -0.39 is 0 Å². The molecule has 0 radical (unpaired) electrons. The lowest BCUT2D eigenvalue weighted by Crippen LogP contribution is -2.46. The van der Waals surface area contributed by atoms with Gasteiger partial charge in [0.2, 0.25) is 0 Å². The van der Waals surface area contributed by atoms with Gasteiger partial charge in [-0.05, 0) is 32.2 Å². The second-order valence-corrected chi connectivity index (χ2v) is 4.97. The molecule has 0 spiro atoms. The van der Waals surface area contributed by atoms with Crippen molar-refractivity contribution in [2.24, 2.45) is 11.7 Å². The van der Waals surface area contributed by atoms with Gasteiger partial charge in [0.15, 0.2) is 11.5 Å². The maximum absolute atomic E-state index is 9.18. The van der Waals surface area contributed by atoms with Gasteiger partial charge in [-0.3, -0.25) is 0 Å². The van der Waals surface area contributed by atoms with Crippen molar-refractivity contribution < 1.29 is 0 Å². The van der Waals surface area contributed by atoms with Crippen molar-refractivity contribution in [3.63, 3.8) is 0 Å². The van der Waals surface area contributed by atoms with Gasteiger partial charge in [-0.15, -0.1) is 0 Å². The Morgan fingerprint density at radius 2 is 2.11 bits per heavy atom. The van der Waals surface area contributed by atoms with Crippen molar-refractivity contribution in [3.05, 3.63) is 18.1 Å². The van der Waals surface area contributed by atoms with Crippen molar-refractivity contribution in [3.8, 4) is 6.07 Å². The van der Waals surface area contributed by atoms with Gasteiger partial charge >= 0.3 is 0 Å². The SMILES string of the molecule is CCN(c1nccnc1C#N)C1CCCCC1CN. The first-order valence-corrected chi connectivity index (χ1v) is 6.99. The van der Waals surface area contributed by atoms with Crippen LogP contribution in [-0.4, -0.2) is 29.1 Å². The number of hydrogen-bond donors (Lipinski definition) is 1. The van der Waals surface area contributed by atoms with E-state index in [4.69, 9.17) is 5.73 Å². The number of anilines is 1. The highest BCUT2D eigenvalue weighted by atomic mass is 15.2. The minimum atomic E-state index is 0.382. The van der Waals surface area contributed by atoms with Crippen molar-refractivity contribution in [2.75, 3.05) is 18.0 Å². The van der Waals surface area contributed by atoms with Crippen LogP contribution in [0, 0.1) is 17.2 Å². The fourth-order valence-electron chi connectivity index (χ4n) is 3.03. The minimum absolute atomic E-state index is 0.382. The first kappa shape index (κ1) is 13.8. The topological polar surface area (TPSA) is 78.8 Å². The zero-order chi connectivity index (χ0) is 13.7. The zero-order valence-electron chi connectivity index (χ0n) is 11.4. The molecule has 0 saturated heterocycles. The molecule has 1 heterocycles. The normalized spacial score (nSPS) is 22.8. The molecule has 1 saturated carbocycles. The van der Waals surface area contributed by atoms with Crippen molar-refractivity contribution in [2.45, 2.75) is 38.6 Å². The van der Waals surface area contributed by atoms with Crippen LogP contribution in [0.2, 0.25) is 0 Å². The molecule has 5 heteroatoms. The third-order valence-corrected chi connectivity index (χ3v) is 3.97. The molecule has 1 aromatic rings. The number of hydrogen-bond acceptors (Lipinski definition) is 5. The van der Waals surface area contributed by atoms with Crippen LogP contribution >= 0.6 is 0 Å². The molecule has 0 aliphatic heterocycles. The number of aromatic nitrogens is 2. The second-order valence-electron chi connectivity index (χ2n) is 4.97. The fourth-order valence-corrected chi connectivity index (χ4v) is 3.03. The van der Waals surface area contributed by atoms with Gasteiger partial charge in [-0.2, -0.15) is 5.26 Å². The number of rotatable bonds is 4. The van der Waals surface area contributed by atoms with Crippen LogP contribution in [0.1, 0.15) is 38.3 Å². The summed E-state index contributed by atoms with van der Waals surface area (Å²) in [6, 6.07) is 2.52. The molecule has 1 aliphatic rings. The lowest BCUT2D eigenvalue weighted by atomic mass is 9.83. The molecule has 19 heavy (non-hydrogen) atoms. The zero-order valence-corrected chi connectivity index (χ0v) is 11.4. The Labute approximate surface area is 114 Å². The van der Waals surface area contributed by atoms with Gasteiger partial charge in [0, 0.05) is 25.0 Å². The summed E-state index contributed by atoms with van der Waals surface area (Å²) >= 11 is 0. The predicted molar refractivity (Wildman–Crippen MR) is 74.6 cm³/mol. The molecule has 1 aliphatic carbocycles. The molecule has 2 rings (SSSR count). The van der Waals surface area contributed by atoms with E-state index in [0.717, 1.165) is 13.0 Å². The van der Waals surface area contributed by atoms with E-state index in [0.29, 0.717) is 30.0 Å². The Balaban J connectivity index is 2.30. The predicted octanol–water partition coefficient (Wildman–Crippen LogP) is 1.69. The third-order valence-electron chi connectivity index (χ3n) is 3.97. The van der Waals surface area contributed by atoms with Gasteiger partial charge in [0.05, 0.1) is 0 Å². The van der Waals surface area contributed by atoms with E-state index in [9.17, 15) is 5.26 Å². The Morgan fingerprint density at radius 1 is 1.37 bits per heavy atom. The molecule has 0 amide bonds. The minimum Gasteiger partial charge on any atom is -0.351 e. The molecule has 102 valence electrons. The highest BCUT2D eigenvalue weighted by Crippen LogP contribution is 2.31. The molecule has 5 nitrogen and oxygen atoms in total. The smallest absolute Gasteiger partial charge is 0.183 e.